The molecule has 1 atom stereocenters. The van der Waals surface area contributed by atoms with Crippen molar-refractivity contribution in [1.29, 1.82) is 0 Å². The average molecular weight is 378 g/mol. The Hall–Kier alpha value is -2.82. The molecule has 1 N–H and O–H groups in total. The van der Waals surface area contributed by atoms with Crippen LogP contribution in [0.4, 0.5) is 0 Å². The molecule has 4 rings (SSSR count). The summed E-state index contributed by atoms with van der Waals surface area (Å²) in [5.74, 6) is -0.366. The highest BCUT2D eigenvalue weighted by molar-refractivity contribution is 5.76. The molecule has 0 bridgehead atoms. The topological polar surface area (TPSA) is 64.2 Å². The third-order valence-corrected chi connectivity index (χ3v) is 5.61. The van der Waals surface area contributed by atoms with Crippen molar-refractivity contribution in [2.45, 2.75) is 58.0 Å². The van der Waals surface area contributed by atoms with Crippen molar-refractivity contribution in [2.24, 2.45) is 0 Å². The molecule has 1 unspecified atom stereocenters. The van der Waals surface area contributed by atoms with Gasteiger partial charge in [0.2, 0.25) is 5.91 Å². The molecule has 0 aliphatic heterocycles. The molecule has 1 heterocycles. The van der Waals surface area contributed by atoms with Crippen molar-refractivity contribution < 1.29 is 9.21 Å². The van der Waals surface area contributed by atoms with Crippen molar-refractivity contribution >= 4 is 17.0 Å². The molecule has 0 saturated heterocycles. The number of hydrogen-bond donors (Lipinski definition) is 1. The maximum atomic E-state index is 12.4. The molecule has 0 saturated carbocycles. The van der Waals surface area contributed by atoms with Gasteiger partial charge >= 0.3 is 5.76 Å². The Balaban J connectivity index is 1.33. The van der Waals surface area contributed by atoms with Gasteiger partial charge < -0.3 is 9.73 Å². The van der Waals surface area contributed by atoms with E-state index in [4.69, 9.17) is 4.42 Å². The Morgan fingerprint density at radius 1 is 1.14 bits per heavy atom. The Kier molecular flexibility index (Phi) is 5.33. The molecule has 2 aromatic carbocycles. The molecule has 1 aliphatic rings. The summed E-state index contributed by atoms with van der Waals surface area (Å²) >= 11 is 0. The predicted molar refractivity (Wildman–Crippen MR) is 109 cm³/mol. The Morgan fingerprint density at radius 2 is 1.93 bits per heavy atom. The van der Waals surface area contributed by atoms with Gasteiger partial charge in [-0.15, -0.1) is 0 Å². The van der Waals surface area contributed by atoms with Crippen LogP contribution in [0.3, 0.4) is 0 Å². The lowest BCUT2D eigenvalue weighted by atomic mass is 9.89. The first-order valence-corrected chi connectivity index (χ1v) is 10.1. The highest BCUT2D eigenvalue weighted by Crippen LogP contribution is 2.24. The lowest BCUT2D eigenvalue weighted by molar-refractivity contribution is -0.121. The lowest BCUT2D eigenvalue weighted by Crippen LogP contribution is -2.27. The summed E-state index contributed by atoms with van der Waals surface area (Å²) in [6.45, 7) is 2.49. The fourth-order valence-electron chi connectivity index (χ4n) is 4.04. The van der Waals surface area contributed by atoms with Crippen LogP contribution < -0.4 is 11.1 Å². The zero-order chi connectivity index (χ0) is 19.5. The monoisotopic (exact) mass is 378 g/mol. The normalized spacial score (nSPS) is 14.6. The van der Waals surface area contributed by atoms with Crippen LogP contribution in [0.1, 0.15) is 55.3 Å². The molecule has 1 aliphatic carbocycles. The molecule has 3 aromatic rings. The maximum Gasteiger partial charge on any atom is 0.419 e. The first kappa shape index (κ1) is 18.5. The van der Waals surface area contributed by atoms with Crippen LogP contribution >= 0.6 is 0 Å². The van der Waals surface area contributed by atoms with Crippen LogP contribution in [0, 0.1) is 0 Å². The van der Waals surface area contributed by atoms with Crippen LogP contribution in [0.2, 0.25) is 0 Å². The Bertz CT molecular complexity index is 1050. The van der Waals surface area contributed by atoms with Crippen LogP contribution in [0.25, 0.3) is 11.1 Å². The van der Waals surface area contributed by atoms with Crippen LogP contribution in [-0.4, -0.2) is 10.5 Å². The molecule has 0 radical (unpaired) electrons. The molecule has 0 fully saturated rings. The van der Waals surface area contributed by atoms with E-state index in [1.165, 1.54) is 30.4 Å². The van der Waals surface area contributed by atoms with Crippen LogP contribution in [-0.2, 0) is 24.2 Å². The summed E-state index contributed by atoms with van der Waals surface area (Å²) in [5, 5.41) is 3.09. The van der Waals surface area contributed by atoms with Gasteiger partial charge in [0.05, 0.1) is 11.6 Å². The Labute approximate surface area is 164 Å². The SMILES string of the molecule is CC(NC(=O)CCCn1c(=O)oc2ccccc21)c1ccc2c(c1)CCCC2. The van der Waals surface area contributed by atoms with Gasteiger partial charge in [0, 0.05) is 13.0 Å². The van der Waals surface area contributed by atoms with E-state index in [2.05, 4.69) is 23.5 Å². The van der Waals surface area contributed by atoms with Gasteiger partial charge in [-0.05, 0) is 67.9 Å². The van der Waals surface area contributed by atoms with Crippen molar-refractivity contribution in [3.8, 4) is 0 Å². The Morgan fingerprint density at radius 3 is 2.79 bits per heavy atom. The summed E-state index contributed by atoms with van der Waals surface area (Å²) in [5.41, 5.74) is 5.39. The summed E-state index contributed by atoms with van der Waals surface area (Å²) in [4.78, 5) is 24.4. The van der Waals surface area contributed by atoms with Crippen LogP contribution in [0.15, 0.2) is 51.7 Å². The van der Waals surface area contributed by atoms with Gasteiger partial charge in [0.1, 0.15) is 0 Å². The average Bonchev–Trinajstić information content (AvgIpc) is 3.03. The van der Waals surface area contributed by atoms with E-state index >= 15 is 0 Å². The minimum absolute atomic E-state index is 0.00562. The minimum Gasteiger partial charge on any atom is -0.408 e. The predicted octanol–water partition coefficient (Wildman–Crippen LogP) is 4.13. The number of nitrogens with one attached hydrogen (secondary N) is 1. The first-order valence-electron chi connectivity index (χ1n) is 10.1. The molecule has 1 amide bonds. The molecule has 146 valence electrons. The highest BCUT2D eigenvalue weighted by Gasteiger charge is 2.14. The number of carbonyl (C=O) groups excluding carboxylic acids is 1. The summed E-state index contributed by atoms with van der Waals surface area (Å²) in [7, 11) is 0. The first-order chi connectivity index (χ1) is 13.6. The number of rotatable bonds is 6. The second-order valence-corrected chi connectivity index (χ2v) is 7.62. The number of benzene rings is 2. The van der Waals surface area contributed by atoms with Gasteiger partial charge in [0.15, 0.2) is 5.58 Å². The van der Waals surface area contributed by atoms with Gasteiger partial charge in [-0.2, -0.15) is 0 Å². The maximum absolute atomic E-state index is 12.4. The number of hydrogen-bond acceptors (Lipinski definition) is 3. The molecule has 28 heavy (non-hydrogen) atoms. The summed E-state index contributed by atoms with van der Waals surface area (Å²) < 4.78 is 6.82. The summed E-state index contributed by atoms with van der Waals surface area (Å²) in [6, 6.07) is 13.9. The number of nitrogens with zero attached hydrogens (tertiary/aromatic N) is 1. The molecule has 1 aromatic heterocycles. The third kappa shape index (κ3) is 3.88. The zero-order valence-electron chi connectivity index (χ0n) is 16.2. The van der Waals surface area contributed by atoms with E-state index in [1.807, 2.05) is 25.1 Å². The van der Waals surface area contributed by atoms with E-state index in [0.717, 1.165) is 17.5 Å². The van der Waals surface area contributed by atoms with E-state index in [1.54, 1.807) is 10.6 Å². The van der Waals surface area contributed by atoms with E-state index in [-0.39, 0.29) is 17.7 Å². The number of fused-ring (bicyclic) bond motifs is 2. The molecule has 5 heteroatoms. The van der Waals surface area contributed by atoms with E-state index < -0.39 is 0 Å². The van der Waals surface area contributed by atoms with Crippen LogP contribution in [0.5, 0.6) is 0 Å². The van der Waals surface area contributed by atoms with Gasteiger partial charge in [-0.1, -0.05) is 30.3 Å². The number of aromatic nitrogens is 1. The highest BCUT2D eigenvalue weighted by atomic mass is 16.4. The van der Waals surface area contributed by atoms with Gasteiger partial charge in [-0.3, -0.25) is 9.36 Å². The number of carbonyl (C=O) groups is 1. The van der Waals surface area contributed by atoms with E-state index in [0.29, 0.717) is 25.0 Å². The van der Waals surface area contributed by atoms with Gasteiger partial charge in [0.25, 0.3) is 0 Å². The zero-order valence-corrected chi connectivity index (χ0v) is 16.2. The van der Waals surface area contributed by atoms with E-state index in [9.17, 15) is 9.59 Å². The lowest BCUT2D eigenvalue weighted by Gasteiger charge is -2.20. The smallest absolute Gasteiger partial charge is 0.408 e. The molecule has 5 nitrogen and oxygen atoms in total. The quantitative estimate of drug-likeness (QED) is 0.701. The van der Waals surface area contributed by atoms with Crippen molar-refractivity contribution in [1.82, 2.24) is 9.88 Å². The number of oxazole rings is 1. The second-order valence-electron chi connectivity index (χ2n) is 7.62. The largest absolute Gasteiger partial charge is 0.419 e. The number of amides is 1. The number of aryl methyl sites for hydroxylation is 3. The van der Waals surface area contributed by atoms with Crippen molar-refractivity contribution in [3.63, 3.8) is 0 Å². The summed E-state index contributed by atoms with van der Waals surface area (Å²) in [6.07, 6.45) is 5.79. The fourth-order valence-corrected chi connectivity index (χ4v) is 4.04. The minimum atomic E-state index is -0.371. The molecular formula is C23H26N2O3. The fraction of sp³-hybridized carbons (Fsp3) is 0.391. The third-order valence-electron chi connectivity index (χ3n) is 5.61. The van der Waals surface area contributed by atoms with Gasteiger partial charge in [-0.25, -0.2) is 4.79 Å². The molecular weight excluding hydrogens is 352 g/mol. The second kappa shape index (κ2) is 8.05. The molecule has 0 spiro atoms. The van der Waals surface area contributed by atoms with Crippen molar-refractivity contribution in [3.05, 3.63) is 69.7 Å². The standard InChI is InChI=1S/C23H26N2O3/c1-16(18-13-12-17-7-2-3-8-19(17)15-18)24-22(26)11-6-14-25-20-9-4-5-10-21(20)28-23(25)27/h4-5,9-10,12-13,15-16H,2-3,6-8,11,14H2,1H3,(H,24,26). The van der Waals surface area contributed by atoms with Crippen molar-refractivity contribution in [2.75, 3.05) is 0 Å². The number of para-hydroxylation sites is 2.